The van der Waals surface area contributed by atoms with Gasteiger partial charge in [0.1, 0.15) is 0 Å². The first-order valence-corrected chi connectivity index (χ1v) is 6.24. The number of benzene rings is 2. The first kappa shape index (κ1) is 14.6. The molecule has 0 spiro atoms. The van der Waals surface area contributed by atoms with E-state index in [1.807, 2.05) is 6.07 Å². The molecule has 2 N–H and O–H groups in total. The van der Waals surface area contributed by atoms with Gasteiger partial charge in [-0.05, 0) is 30.3 Å². The number of carbonyl (C=O) groups is 2. The van der Waals surface area contributed by atoms with Gasteiger partial charge in [0.25, 0.3) is 5.91 Å². The highest BCUT2D eigenvalue weighted by Crippen LogP contribution is 2.26. The summed E-state index contributed by atoms with van der Waals surface area (Å²) >= 11 is 5.93. The van der Waals surface area contributed by atoms with Gasteiger partial charge >= 0.3 is 5.97 Å². The van der Waals surface area contributed by atoms with E-state index in [2.05, 4.69) is 5.32 Å². The molecule has 0 saturated heterocycles. The number of carboxylic acids is 1. The van der Waals surface area contributed by atoms with Crippen LogP contribution in [0.1, 0.15) is 26.3 Å². The topological polar surface area (TPSA) is 90.2 Å². The molecule has 0 bridgehead atoms. The van der Waals surface area contributed by atoms with Crippen LogP contribution in [-0.4, -0.2) is 17.0 Å². The molecule has 0 radical (unpaired) electrons. The molecule has 0 aromatic heterocycles. The quantitative estimate of drug-likeness (QED) is 0.911. The summed E-state index contributed by atoms with van der Waals surface area (Å²) in [4.78, 5) is 23.3. The van der Waals surface area contributed by atoms with E-state index in [1.165, 1.54) is 30.3 Å². The van der Waals surface area contributed by atoms with Crippen LogP contribution in [0.2, 0.25) is 5.02 Å². The Kier molecular flexibility index (Phi) is 4.21. The van der Waals surface area contributed by atoms with Gasteiger partial charge in [0.15, 0.2) is 0 Å². The lowest BCUT2D eigenvalue weighted by Gasteiger charge is -2.10. The lowest BCUT2D eigenvalue weighted by Crippen LogP contribution is -2.15. The molecular formula is C15H9ClN2O3. The second-order valence-electron chi connectivity index (χ2n) is 4.11. The van der Waals surface area contributed by atoms with Crippen LogP contribution in [0.5, 0.6) is 0 Å². The minimum absolute atomic E-state index is 0.0269. The SMILES string of the molecule is N#Cc1cccc(C(=O)Nc2c(Cl)cccc2C(=O)O)c1. The van der Waals surface area contributed by atoms with Crippen molar-refractivity contribution in [3.8, 4) is 6.07 Å². The van der Waals surface area contributed by atoms with Crippen molar-refractivity contribution in [3.63, 3.8) is 0 Å². The Labute approximate surface area is 125 Å². The molecule has 21 heavy (non-hydrogen) atoms. The van der Waals surface area contributed by atoms with Gasteiger partial charge in [-0.3, -0.25) is 4.79 Å². The maximum atomic E-state index is 12.1. The third-order valence-corrected chi connectivity index (χ3v) is 3.05. The van der Waals surface area contributed by atoms with Crippen molar-refractivity contribution in [2.24, 2.45) is 0 Å². The molecule has 2 aromatic rings. The predicted molar refractivity (Wildman–Crippen MR) is 77.5 cm³/mol. The van der Waals surface area contributed by atoms with Crippen LogP contribution in [0, 0.1) is 11.3 Å². The highest BCUT2D eigenvalue weighted by molar-refractivity contribution is 6.34. The largest absolute Gasteiger partial charge is 0.478 e. The Morgan fingerprint density at radius 3 is 2.57 bits per heavy atom. The number of hydrogen-bond donors (Lipinski definition) is 2. The number of nitriles is 1. The molecule has 0 aliphatic carbocycles. The number of nitrogens with one attached hydrogen (secondary N) is 1. The Bertz CT molecular complexity index is 766. The Morgan fingerprint density at radius 2 is 1.90 bits per heavy atom. The maximum Gasteiger partial charge on any atom is 0.337 e. The fourth-order valence-corrected chi connectivity index (χ4v) is 1.97. The van der Waals surface area contributed by atoms with E-state index in [-0.39, 0.29) is 21.8 Å². The third-order valence-electron chi connectivity index (χ3n) is 2.74. The summed E-state index contributed by atoms with van der Waals surface area (Å²) in [6.45, 7) is 0. The lowest BCUT2D eigenvalue weighted by molar-refractivity contribution is 0.0698. The second-order valence-corrected chi connectivity index (χ2v) is 4.52. The van der Waals surface area contributed by atoms with Crippen LogP contribution >= 0.6 is 11.6 Å². The number of anilines is 1. The van der Waals surface area contributed by atoms with Crippen LogP contribution in [0.4, 0.5) is 5.69 Å². The molecule has 0 atom stereocenters. The van der Waals surface area contributed by atoms with E-state index < -0.39 is 11.9 Å². The van der Waals surface area contributed by atoms with Crippen LogP contribution in [0.15, 0.2) is 42.5 Å². The summed E-state index contributed by atoms with van der Waals surface area (Å²) < 4.78 is 0. The van der Waals surface area contributed by atoms with Gasteiger partial charge in [0.05, 0.1) is 27.9 Å². The van der Waals surface area contributed by atoms with E-state index in [9.17, 15) is 9.59 Å². The number of amides is 1. The monoisotopic (exact) mass is 300 g/mol. The highest BCUT2D eigenvalue weighted by Gasteiger charge is 2.16. The Balaban J connectivity index is 2.36. The number of halogens is 1. The normalized spacial score (nSPS) is 9.71. The van der Waals surface area contributed by atoms with Gasteiger partial charge in [-0.15, -0.1) is 0 Å². The van der Waals surface area contributed by atoms with E-state index in [1.54, 1.807) is 12.1 Å². The van der Waals surface area contributed by atoms with E-state index in [0.717, 1.165) is 0 Å². The molecule has 0 aliphatic heterocycles. The molecule has 104 valence electrons. The molecular weight excluding hydrogens is 292 g/mol. The van der Waals surface area contributed by atoms with Gasteiger partial charge in [0, 0.05) is 5.56 Å². The van der Waals surface area contributed by atoms with Crippen molar-refractivity contribution >= 4 is 29.2 Å². The molecule has 0 unspecified atom stereocenters. The van der Waals surface area contributed by atoms with Crippen LogP contribution in [0.25, 0.3) is 0 Å². The fraction of sp³-hybridized carbons (Fsp3) is 0. The second kappa shape index (κ2) is 6.07. The van der Waals surface area contributed by atoms with E-state index >= 15 is 0 Å². The minimum atomic E-state index is -1.20. The number of aromatic carboxylic acids is 1. The van der Waals surface area contributed by atoms with Crippen molar-refractivity contribution in [1.29, 1.82) is 5.26 Å². The van der Waals surface area contributed by atoms with Crippen molar-refractivity contribution in [2.45, 2.75) is 0 Å². The zero-order chi connectivity index (χ0) is 15.4. The van der Waals surface area contributed by atoms with E-state index in [4.69, 9.17) is 22.0 Å². The van der Waals surface area contributed by atoms with Crippen LogP contribution in [-0.2, 0) is 0 Å². The highest BCUT2D eigenvalue weighted by atomic mass is 35.5. The van der Waals surface area contributed by atoms with Crippen LogP contribution in [0.3, 0.4) is 0 Å². The summed E-state index contributed by atoms with van der Waals surface area (Å²) in [6.07, 6.45) is 0. The van der Waals surface area contributed by atoms with Crippen LogP contribution < -0.4 is 5.32 Å². The van der Waals surface area contributed by atoms with Gasteiger partial charge in [0.2, 0.25) is 0 Å². The average Bonchev–Trinajstić information content (AvgIpc) is 2.49. The Morgan fingerprint density at radius 1 is 1.19 bits per heavy atom. The Hall–Kier alpha value is -2.84. The number of hydrogen-bond acceptors (Lipinski definition) is 3. The van der Waals surface area contributed by atoms with Crippen molar-refractivity contribution in [2.75, 3.05) is 5.32 Å². The van der Waals surface area contributed by atoms with E-state index in [0.29, 0.717) is 5.56 Å². The summed E-state index contributed by atoms with van der Waals surface area (Å²) in [6, 6.07) is 12.3. The predicted octanol–water partition coefficient (Wildman–Crippen LogP) is 3.16. The smallest absolute Gasteiger partial charge is 0.337 e. The van der Waals surface area contributed by atoms with Gasteiger partial charge in [-0.25, -0.2) is 4.79 Å². The van der Waals surface area contributed by atoms with Gasteiger partial charge in [-0.2, -0.15) is 5.26 Å². The zero-order valence-corrected chi connectivity index (χ0v) is 11.4. The number of carboxylic acid groups (broad SMARTS) is 1. The number of rotatable bonds is 3. The molecule has 6 heteroatoms. The molecule has 2 aromatic carbocycles. The molecule has 0 aliphatic rings. The molecule has 0 saturated carbocycles. The molecule has 5 nitrogen and oxygen atoms in total. The van der Waals surface area contributed by atoms with Crippen molar-refractivity contribution in [1.82, 2.24) is 0 Å². The molecule has 1 amide bonds. The van der Waals surface area contributed by atoms with Gasteiger partial charge in [-0.1, -0.05) is 23.7 Å². The first-order valence-electron chi connectivity index (χ1n) is 5.86. The average molecular weight is 301 g/mol. The molecule has 0 fully saturated rings. The summed E-state index contributed by atoms with van der Waals surface area (Å²) in [5.41, 5.74) is 0.497. The summed E-state index contributed by atoms with van der Waals surface area (Å²) in [5, 5.41) is 20.5. The standard InChI is InChI=1S/C15H9ClN2O3/c16-12-6-2-5-11(15(20)21)13(12)18-14(19)10-4-1-3-9(7-10)8-17/h1-7H,(H,18,19)(H,20,21). The molecule has 0 heterocycles. The maximum absolute atomic E-state index is 12.1. The van der Waals surface area contributed by atoms with Crippen molar-refractivity contribution < 1.29 is 14.7 Å². The summed E-state index contributed by atoms with van der Waals surface area (Å²) in [7, 11) is 0. The summed E-state index contributed by atoms with van der Waals surface area (Å²) in [5.74, 6) is -1.73. The molecule has 2 rings (SSSR count). The third kappa shape index (κ3) is 3.19. The number of para-hydroxylation sites is 1. The number of nitrogens with zero attached hydrogens (tertiary/aromatic N) is 1. The fourth-order valence-electron chi connectivity index (χ4n) is 1.75. The minimum Gasteiger partial charge on any atom is -0.478 e. The number of carbonyl (C=O) groups excluding carboxylic acids is 1. The lowest BCUT2D eigenvalue weighted by atomic mass is 10.1. The zero-order valence-electron chi connectivity index (χ0n) is 10.6. The van der Waals surface area contributed by atoms with Crippen molar-refractivity contribution in [3.05, 3.63) is 64.2 Å². The van der Waals surface area contributed by atoms with Gasteiger partial charge < -0.3 is 10.4 Å². The first-order chi connectivity index (χ1) is 10.0.